The molecular weight excluding hydrogens is 320 g/mol. The number of para-hydroxylation sites is 2. The number of nitrogens with zero attached hydrogens (tertiary/aromatic N) is 2. The van der Waals surface area contributed by atoms with Gasteiger partial charge in [-0.15, -0.1) is 0 Å². The Balaban J connectivity index is 1.40. The van der Waals surface area contributed by atoms with Gasteiger partial charge >= 0.3 is 0 Å². The summed E-state index contributed by atoms with van der Waals surface area (Å²) in [5, 5.41) is 10.0. The summed E-state index contributed by atoms with van der Waals surface area (Å²) in [6.07, 6.45) is 0. The summed E-state index contributed by atoms with van der Waals surface area (Å²) in [5.74, 6) is 0.372. The van der Waals surface area contributed by atoms with Crippen molar-refractivity contribution in [2.75, 3.05) is 31.1 Å². The van der Waals surface area contributed by atoms with E-state index in [4.69, 9.17) is 0 Å². The number of phenolic OH excluding ortho intramolecular Hbond substituents is 1. The highest BCUT2D eigenvalue weighted by molar-refractivity contribution is 5.64. The molecule has 132 valence electrons. The molecule has 0 aromatic heterocycles. The highest BCUT2D eigenvalue weighted by Crippen LogP contribution is 2.27. The van der Waals surface area contributed by atoms with Gasteiger partial charge in [0.1, 0.15) is 5.75 Å². The van der Waals surface area contributed by atoms with Gasteiger partial charge in [-0.1, -0.05) is 60.7 Å². The fourth-order valence-electron chi connectivity index (χ4n) is 3.62. The quantitative estimate of drug-likeness (QED) is 0.761. The van der Waals surface area contributed by atoms with Crippen LogP contribution in [0.15, 0.2) is 78.9 Å². The highest BCUT2D eigenvalue weighted by atomic mass is 16.3. The largest absolute Gasteiger partial charge is 0.506 e. The summed E-state index contributed by atoms with van der Waals surface area (Å²) < 4.78 is 0. The third kappa shape index (κ3) is 3.73. The van der Waals surface area contributed by atoms with Gasteiger partial charge < -0.3 is 10.0 Å². The van der Waals surface area contributed by atoms with E-state index in [1.807, 2.05) is 18.2 Å². The zero-order valence-corrected chi connectivity index (χ0v) is 14.9. The second kappa shape index (κ2) is 7.63. The van der Waals surface area contributed by atoms with Crippen LogP contribution in [0.3, 0.4) is 0 Å². The molecule has 0 radical (unpaired) electrons. The van der Waals surface area contributed by atoms with Crippen LogP contribution in [0.2, 0.25) is 0 Å². The van der Waals surface area contributed by atoms with Crippen LogP contribution < -0.4 is 4.90 Å². The molecule has 1 heterocycles. The number of piperazine rings is 1. The van der Waals surface area contributed by atoms with E-state index in [-0.39, 0.29) is 0 Å². The summed E-state index contributed by atoms with van der Waals surface area (Å²) in [6, 6.07) is 27.0. The van der Waals surface area contributed by atoms with Gasteiger partial charge in [0.15, 0.2) is 0 Å². The van der Waals surface area contributed by atoms with Crippen molar-refractivity contribution in [2.24, 2.45) is 0 Å². The molecule has 0 bridgehead atoms. The molecule has 1 N–H and O–H groups in total. The molecule has 1 aliphatic heterocycles. The van der Waals surface area contributed by atoms with Crippen molar-refractivity contribution in [3.63, 3.8) is 0 Å². The third-order valence-electron chi connectivity index (χ3n) is 5.03. The molecule has 0 saturated carbocycles. The first-order valence-corrected chi connectivity index (χ1v) is 9.19. The van der Waals surface area contributed by atoms with Crippen LogP contribution in [0.4, 0.5) is 5.69 Å². The number of phenols is 1. The van der Waals surface area contributed by atoms with E-state index in [1.165, 1.54) is 16.7 Å². The van der Waals surface area contributed by atoms with E-state index in [2.05, 4.69) is 64.4 Å². The van der Waals surface area contributed by atoms with Gasteiger partial charge in [-0.25, -0.2) is 0 Å². The summed E-state index contributed by atoms with van der Waals surface area (Å²) in [5.41, 5.74) is 4.83. The van der Waals surface area contributed by atoms with Crippen molar-refractivity contribution in [1.82, 2.24) is 4.90 Å². The van der Waals surface area contributed by atoms with Crippen molar-refractivity contribution in [1.29, 1.82) is 0 Å². The van der Waals surface area contributed by atoms with Crippen LogP contribution in [0.25, 0.3) is 11.1 Å². The van der Waals surface area contributed by atoms with Gasteiger partial charge in [-0.3, -0.25) is 4.90 Å². The van der Waals surface area contributed by atoms with E-state index in [1.54, 1.807) is 6.07 Å². The monoisotopic (exact) mass is 344 g/mol. The van der Waals surface area contributed by atoms with E-state index in [9.17, 15) is 5.11 Å². The molecule has 0 atom stereocenters. The van der Waals surface area contributed by atoms with E-state index in [0.717, 1.165) is 38.4 Å². The van der Waals surface area contributed by atoms with Gasteiger partial charge in [0.05, 0.1) is 5.69 Å². The van der Waals surface area contributed by atoms with Crippen LogP contribution in [-0.2, 0) is 6.54 Å². The normalized spacial score (nSPS) is 15.2. The lowest BCUT2D eigenvalue weighted by atomic mass is 10.0. The third-order valence-corrected chi connectivity index (χ3v) is 5.03. The lowest BCUT2D eigenvalue weighted by Crippen LogP contribution is -2.45. The van der Waals surface area contributed by atoms with E-state index >= 15 is 0 Å². The average Bonchev–Trinajstić information content (AvgIpc) is 2.70. The molecule has 4 rings (SSSR count). The summed E-state index contributed by atoms with van der Waals surface area (Å²) in [6.45, 7) is 4.86. The van der Waals surface area contributed by atoms with E-state index < -0.39 is 0 Å². The van der Waals surface area contributed by atoms with Crippen LogP contribution in [-0.4, -0.2) is 36.2 Å². The van der Waals surface area contributed by atoms with E-state index in [0.29, 0.717) is 5.75 Å². The molecule has 3 aromatic carbocycles. The Labute approximate surface area is 155 Å². The van der Waals surface area contributed by atoms with Crippen LogP contribution in [0.1, 0.15) is 5.56 Å². The lowest BCUT2D eigenvalue weighted by molar-refractivity contribution is 0.249. The summed E-state index contributed by atoms with van der Waals surface area (Å²) in [4.78, 5) is 4.76. The first-order chi connectivity index (χ1) is 12.8. The maximum absolute atomic E-state index is 10.0. The molecule has 1 fully saturated rings. The van der Waals surface area contributed by atoms with Crippen molar-refractivity contribution in [2.45, 2.75) is 6.54 Å². The minimum atomic E-state index is 0.372. The zero-order valence-electron chi connectivity index (χ0n) is 14.9. The Bertz CT molecular complexity index is 855. The Kier molecular flexibility index (Phi) is 4.89. The van der Waals surface area contributed by atoms with Gasteiger partial charge in [0, 0.05) is 32.7 Å². The van der Waals surface area contributed by atoms with Gasteiger partial charge in [-0.2, -0.15) is 0 Å². The van der Waals surface area contributed by atoms with Crippen molar-refractivity contribution >= 4 is 5.69 Å². The summed E-state index contributed by atoms with van der Waals surface area (Å²) >= 11 is 0. The maximum atomic E-state index is 10.0. The molecule has 0 unspecified atom stereocenters. The molecule has 3 heteroatoms. The van der Waals surface area contributed by atoms with Gasteiger partial charge in [0.2, 0.25) is 0 Å². The van der Waals surface area contributed by atoms with Crippen molar-refractivity contribution < 1.29 is 5.11 Å². The van der Waals surface area contributed by atoms with Gasteiger partial charge in [0.25, 0.3) is 0 Å². The predicted molar refractivity (Wildman–Crippen MR) is 107 cm³/mol. The van der Waals surface area contributed by atoms with Gasteiger partial charge in [-0.05, 0) is 34.9 Å². The lowest BCUT2D eigenvalue weighted by Gasteiger charge is -2.36. The molecule has 3 aromatic rings. The average molecular weight is 344 g/mol. The number of hydrogen-bond donors (Lipinski definition) is 1. The second-order valence-corrected chi connectivity index (χ2v) is 6.82. The van der Waals surface area contributed by atoms with Crippen LogP contribution in [0.5, 0.6) is 5.75 Å². The molecule has 0 aliphatic carbocycles. The Hall–Kier alpha value is -2.78. The van der Waals surface area contributed by atoms with Crippen molar-refractivity contribution in [3.05, 3.63) is 84.4 Å². The topological polar surface area (TPSA) is 26.7 Å². The first-order valence-electron chi connectivity index (χ1n) is 9.19. The highest BCUT2D eigenvalue weighted by Gasteiger charge is 2.19. The Morgan fingerprint density at radius 3 is 2.15 bits per heavy atom. The number of anilines is 1. The van der Waals surface area contributed by atoms with Crippen molar-refractivity contribution in [3.8, 4) is 16.9 Å². The second-order valence-electron chi connectivity index (χ2n) is 6.82. The molecule has 0 spiro atoms. The maximum Gasteiger partial charge on any atom is 0.138 e. The summed E-state index contributed by atoms with van der Waals surface area (Å²) in [7, 11) is 0. The molecule has 3 nitrogen and oxygen atoms in total. The minimum Gasteiger partial charge on any atom is -0.506 e. The standard InChI is InChI=1S/C23H24N2O/c26-23-12-5-4-11-22(23)25-15-13-24(14-16-25)18-19-7-6-10-21(17-19)20-8-2-1-3-9-20/h1-12,17,26H,13-16,18H2. The fourth-order valence-corrected chi connectivity index (χ4v) is 3.62. The number of hydrogen-bond acceptors (Lipinski definition) is 3. The molecule has 26 heavy (non-hydrogen) atoms. The fraction of sp³-hybridized carbons (Fsp3) is 0.217. The first kappa shape index (κ1) is 16.7. The number of aromatic hydroxyl groups is 1. The Morgan fingerprint density at radius 2 is 1.38 bits per heavy atom. The smallest absolute Gasteiger partial charge is 0.138 e. The predicted octanol–water partition coefficient (Wildman–Crippen LogP) is 4.38. The number of benzene rings is 3. The Morgan fingerprint density at radius 1 is 0.692 bits per heavy atom. The van der Waals surface area contributed by atoms with Crippen LogP contribution >= 0.6 is 0 Å². The SMILES string of the molecule is Oc1ccccc1N1CCN(Cc2cccc(-c3ccccc3)c2)CC1. The minimum absolute atomic E-state index is 0.372. The zero-order chi connectivity index (χ0) is 17.8. The molecule has 0 amide bonds. The molecular formula is C23H24N2O. The van der Waals surface area contributed by atoms with Crippen LogP contribution in [0, 0.1) is 0 Å². The molecule has 1 saturated heterocycles. The molecule has 1 aliphatic rings. The number of rotatable bonds is 4.